The lowest BCUT2D eigenvalue weighted by molar-refractivity contribution is -0.143. The summed E-state index contributed by atoms with van der Waals surface area (Å²) in [5.41, 5.74) is 0.569. The second-order valence-electron chi connectivity index (χ2n) is 5.90. The van der Waals surface area contributed by atoms with Gasteiger partial charge in [-0.05, 0) is 48.2 Å². The highest BCUT2D eigenvalue weighted by Gasteiger charge is 2.36. The van der Waals surface area contributed by atoms with E-state index >= 15 is 0 Å². The van der Waals surface area contributed by atoms with Gasteiger partial charge in [0.1, 0.15) is 12.3 Å². The molecule has 0 spiro atoms. The average molecular weight is 511 g/mol. The van der Waals surface area contributed by atoms with Crippen LogP contribution in [0, 0.1) is 0 Å². The van der Waals surface area contributed by atoms with Crippen LogP contribution in [-0.4, -0.2) is 41.6 Å². The van der Waals surface area contributed by atoms with E-state index in [4.69, 9.17) is 16.3 Å². The summed E-state index contributed by atoms with van der Waals surface area (Å²) in [6, 6.07) is 11.3. The van der Waals surface area contributed by atoms with E-state index in [1.807, 2.05) is 0 Å². The Kier molecular flexibility index (Phi) is 6.96. The summed E-state index contributed by atoms with van der Waals surface area (Å²) in [4.78, 5) is 49.4. The van der Waals surface area contributed by atoms with Crippen molar-refractivity contribution in [1.29, 1.82) is 0 Å². The minimum Gasteiger partial charge on any atom is -0.468 e. The third kappa shape index (κ3) is 4.92. The monoisotopic (exact) mass is 509 g/mol. The highest BCUT2D eigenvalue weighted by atomic mass is 79.9. The molecule has 154 valence electrons. The van der Waals surface area contributed by atoms with Gasteiger partial charge < -0.3 is 9.47 Å². The first-order valence-electron chi connectivity index (χ1n) is 8.38. The number of ether oxygens (including phenoxy) is 2. The van der Waals surface area contributed by atoms with Crippen LogP contribution >= 0.6 is 39.3 Å². The summed E-state index contributed by atoms with van der Waals surface area (Å²) >= 11 is 10.0. The Morgan fingerprint density at radius 3 is 2.63 bits per heavy atom. The van der Waals surface area contributed by atoms with E-state index in [2.05, 4.69) is 20.7 Å². The summed E-state index contributed by atoms with van der Waals surface area (Å²) in [5, 5.41) is -0.355. The van der Waals surface area contributed by atoms with Crippen LogP contribution in [0.5, 0.6) is 5.75 Å². The number of thioether (sulfide) groups is 1. The lowest BCUT2D eigenvalue weighted by atomic mass is 10.1. The Morgan fingerprint density at radius 1 is 1.20 bits per heavy atom. The van der Waals surface area contributed by atoms with Crippen LogP contribution in [0.3, 0.4) is 0 Å². The summed E-state index contributed by atoms with van der Waals surface area (Å²) in [6.45, 7) is -0.481. The van der Waals surface area contributed by atoms with Gasteiger partial charge in [-0.15, -0.1) is 0 Å². The molecule has 10 heteroatoms. The minimum absolute atomic E-state index is 0.0806. The zero-order chi connectivity index (χ0) is 21.8. The van der Waals surface area contributed by atoms with Gasteiger partial charge >= 0.3 is 11.9 Å². The maximum absolute atomic E-state index is 12.5. The molecule has 1 heterocycles. The van der Waals surface area contributed by atoms with Gasteiger partial charge in [-0.25, -0.2) is 4.79 Å². The van der Waals surface area contributed by atoms with Gasteiger partial charge in [0.05, 0.1) is 22.6 Å². The van der Waals surface area contributed by atoms with Crippen molar-refractivity contribution in [2.24, 2.45) is 0 Å². The van der Waals surface area contributed by atoms with Crippen LogP contribution in [0.2, 0.25) is 5.02 Å². The van der Waals surface area contributed by atoms with Crippen molar-refractivity contribution < 1.29 is 28.7 Å². The number of hydrogen-bond donors (Lipinski definition) is 0. The van der Waals surface area contributed by atoms with E-state index in [1.165, 1.54) is 19.3 Å². The summed E-state index contributed by atoms with van der Waals surface area (Å²) < 4.78 is 10.6. The topological polar surface area (TPSA) is 90.0 Å². The molecule has 7 nitrogen and oxygen atoms in total. The van der Waals surface area contributed by atoms with Crippen molar-refractivity contribution >= 4 is 68.5 Å². The molecule has 3 rings (SSSR count). The molecule has 2 aromatic carbocycles. The van der Waals surface area contributed by atoms with Crippen molar-refractivity contribution in [2.45, 2.75) is 0 Å². The van der Waals surface area contributed by atoms with Gasteiger partial charge in [0.15, 0.2) is 0 Å². The normalized spacial score (nSPS) is 14.9. The third-order valence-corrected chi connectivity index (χ3v) is 5.67. The number of imide groups is 1. The molecule has 0 aromatic heterocycles. The quantitative estimate of drug-likeness (QED) is 0.332. The Morgan fingerprint density at radius 2 is 1.93 bits per heavy atom. The van der Waals surface area contributed by atoms with Crippen LogP contribution in [0.1, 0.15) is 15.9 Å². The van der Waals surface area contributed by atoms with Crippen LogP contribution < -0.4 is 4.74 Å². The zero-order valence-corrected chi connectivity index (χ0v) is 18.5. The van der Waals surface area contributed by atoms with Crippen molar-refractivity contribution in [2.75, 3.05) is 13.7 Å². The maximum Gasteiger partial charge on any atom is 0.345 e. The molecule has 0 aliphatic carbocycles. The predicted octanol–water partition coefficient (Wildman–Crippen LogP) is 4.53. The molecule has 1 aliphatic heterocycles. The summed E-state index contributed by atoms with van der Waals surface area (Å²) in [7, 11) is 1.17. The van der Waals surface area contributed by atoms with Gasteiger partial charge in [-0.2, -0.15) is 0 Å². The number of carbonyl (C=O) groups is 4. The second-order valence-corrected chi connectivity index (χ2v) is 8.21. The van der Waals surface area contributed by atoms with Gasteiger partial charge in [0.25, 0.3) is 11.1 Å². The van der Waals surface area contributed by atoms with E-state index in [1.54, 1.807) is 36.4 Å². The Balaban J connectivity index is 1.90. The van der Waals surface area contributed by atoms with E-state index in [-0.39, 0.29) is 21.2 Å². The van der Waals surface area contributed by atoms with Crippen molar-refractivity contribution in [3.8, 4) is 5.75 Å². The van der Waals surface area contributed by atoms with Crippen molar-refractivity contribution in [3.63, 3.8) is 0 Å². The highest BCUT2D eigenvalue weighted by Crippen LogP contribution is 2.35. The summed E-state index contributed by atoms with van der Waals surface area (Å²) in [5.74, 6) is -1.85. The van der Waals surface area contributed by atoms with Gasteiger partial charge in [0, 0.05) is 10.0 Å². The molecule has 1 aliphatic rings. The number of esters is 2. The third-order valence-electron chi connectivity index (χ3n) is 3.94. The SMILES string of the molecule is COC(=O)CN1C(=O)S/C(=C\c2cc(Br)ccc2OC(=O)c2ccccc2Cl)C1=O. The Bertz CT molecular complexity index is 1090. The fourth-order valence-corrected chi connectivity index (χ4v) is 3.90. The van der Waals surface area contributed by atoms with Crippen LogP contribution in [0.15, 0.2) is 51.8 Å². The van der Waals surface area contributed by atoms with Crippen LogP contribution in [-0.2, 0) is 14.3 Å². The van der Waals surface area contributed by atoms with E-state index in [0.29, 0.717) is 21.8 Å². The van der Waals surface area contributed by atoms with Crippen molar-refractivity contribution in [3.05, 3.63) is 68.0 Å². The molecular formula is C20H13BrClNO6S. The van der Waals surface area contributed by atoms with E-state index < -0.39 is 29.6 Å². The fourth-order valence-electron chi connectivity index (χ4n) is 2.48. The fraction of sp³-hybridized carbons (Fsp3) is 0.100. The summed E-state index contributed by atoms with van der Waals surface area (Å²) in [6.07, 6.45) is 1.42. The molecule has 2 amide bonds. The van der Waals surface area contributed by atoms with E-state index in [0.717, 1.165) is 4.90 Å². The number of rotatable bonds is 5. The van der Waals surface area contributed by atoms with Gasteiger partial charge in [0.2, 0.25) is 0 Å². The molecule has 0 radical (unpaired) electrons. The minimum atomic E-state index is -0.713. The first-order chi connectivity index (χ1) is 14.3. The average Bonchev–Trinajstić information content (AvgIpc) is 2.97. The molecule has 0 atom stereocenters. The van der Waals surface area contributed by atoms with E-state index in [9.17, 15) is 19.2 Å². The van der Waals surface area contributed by atoms with Crippen LogP contribution in [0.4, 0.5) is 4.79 Å². The highest BCUT2D eigenvalue weighted by molar-refractivity contribution is 9.10. The van der Waals surface area contributed by atoms with Gasteiger partial charge in [-0.3, -0.25) is 19.3 Å². The smallest absolute Gasteiger partial charge is 0.345 e. The maximum atomic E-state index is 12.5. The number of nitrogens with zero attached hydrogens (tertiary/aromatic N) is 1. The Labute approximate surface area is 189 Å². The standard InChI is InChI=1S/C20H13BrClNO6S/c1-28-17(24)10-23-18(25)16(30-20(23)27)9-11-8-12(21)6-7-15(11)29-19(26)13-4-2-3-5-14(13)22/h2-9H,10H2,1H3/b16-9-. The molecule has 1 fully saturated rings. The first-order valence-corrected chi connectivity index (χ1v) is 10.4. The predicted molar refractivity (Wildman–Crippen MR) is 115 cm³/mol. The molecule has 0 saturated carbocycles. The number of benzene rings is 2. The molecule has 0 N–H and O–H groups in total. The van der Waals surface area contributed by atoms with Gasteiger partial charge in [-0.1, -0.05) is 39.7 Å². The van der Waals surface area contributed by atoms with Crippen LogP contribution in [0.25, 0.3) is 6.08 Å². The molecule has 0 bridgehead atoms. The van der Waals surface area contributed by atoms with Crippen molar-refractivity contribution in [1.82, 2.24) is 4.90 Å². The Hall–Kier alpha value is -2.62. The zero-order valence-electron chi connectivity index (χ0n) is 15.4. The molecule has 0 unspecified atom stereocenters. The number of hydrogen-bond acceptors (Lipinski definition) is 7. The lowest BCUT2D eigenvalue weighted by Crippen LogP contribution is -2.34. The molecule has 1 saturated heterocycles. The lowest BCUT2D eigenvalue weighted by Gasteiger charge is -2.10. The number of methoxy groups -OCH3 is 1. The first kappa shape index (κ1) is 22.1. The molecule has 2 aromatic rings. The molecule has 30 heavy (non-hydrogen) atoms. The second kappa shape index (κ2) is 9.46. The number of halogens is 2. The number of amides is 2. The molecular weight excluding hydrogens is 498 g/mol. The number of carbonyl (C=O) groups excluding carboxylic acids is 4. The largest absolute Gasteiger partial charge is 0.468 e.